The van der Waals surface area contributed by atoms with Crippen molar-refractivity contribution < 1.29 is 4.74 Å². The normalized spacial score (nSPS) is 26.2. The van der Waals surface area contributed by atoms with Crippen LogP contribution in [0.25, 0.3) is 0 Å². The maximum atomic E-state index is 6.26. The minimum absolute atomic E-state index is 0.00204. The van der Waals surface area contributed by atoms with E-state index in [2.05, 4.69) is 6.08 Å². The Labute approximate surface area is 150 Å². The summed E-state index contributed by atoms with van der Waals surface area (Å²) < 4.78 is 6.07. The molecule has 0 saturated carbocycles. The molecular formula is C20H27ClN2O. The van der Waals surface area contributed by atoms with Gasteiger partial charge in [0.2, 0.25) is 0 Å². The number of halogens is 1. The van der Waals surface area contributed by atoms with Gasteiger partial charge < -0.3 is 16.2 Å². The summed E-state index contributed by atoms with van der Waals surface area (Å²) in [5.41, 5.74) is 14.8. The summed E-state index contributed by atoms with van der Waals surface area (Å²) in [6.45, 7) is 2.74. The van der Waals surface area contributed by atoms with Crippen LogP contribution in [0.4, 0.5) is 0 Å². The smallest absolute Gasteiger partial charge is 0.0873 e. The molecule has 2 rings (SSSR count). The lowest BCUT2D eigenvalue weighted by Gasteiger charge is -2.33. The summed E-state index contributed by atoms with van der Waals surface area (Å²) in [4.78, 5) is 0. The molecule has 1 fully saturated rings. The first kappa shape index (κ1) is 18.6. The van der Waals surface area contributed by atoms with E-state index in [0.717, 1.165) is 42.8 Å². The average molecular weight is 347 g/mol. The summed E-state index contributed by atoms with van der Waals surface area (Å²) in [5.74, 6) is 0.386. The largest absolute Gasteiger partial charge is 0.401 e. The molecule has 0 spiro atoms. The monoisotopic (exact) mass is 346 g/mol. The van der Waals surface area contributed by atoms with Crippen LogP contribution in [0, 0.1) is 5.92 Å². The number of hydrogen-bond acceptors (Lipinski definition) is 3. The SMILES string of the molecule is C\C=C/C=C(N)\C=C\CC1CCCOC1C1=C(N)CC=CC(Cl)=C1. The molecule has 0 radical (unpaired) electrons. The van der Waals surface area contributed by atoms with Gasteiger partial charge in [-0.2, -0.15) is 0 Å². The van der Waals surface area contributed by atoms with E-state index >= 15 is 0 Å². The van der Waals surface area contributed by atoms with Crippen LogP contribution >= 0.6 is 11.6 Å². The van der Waals surface area contributed by atoms with E-state index in [-0.39, 0.29) is 6.10 Å². The van der Waals surface area contributed by atoms with E-state index in [4.69, 9.17) is 27.8 Å². The molecule has 0 bridgehead atoms. The molecule has 3 nitrogen and oxygen atoms in total. The van der Waals surface area contributed by atoms with Gasteiger partial charge in [-0.1, -0.05) is 35.9 Å². The summed E-state index contributed by atoms with van der Waals surface area (Å²) in [5, 5.41) is 0.701. The fraction of sp³-hybridized carbons (Fsp3) is 0.400. The molecule has 4 heteroatoms. The van der Waals surface area contributed by atoms with Crippen LogP contribution in [0.2, 0.25) is 0 Å². The van der Waals surface area contributed by atoms with E-state index in [1.165, 1.54) is 0 Å². The Kier molecular flexibility index (Phi) is 7.41. The van der Waals surface area contributed by atoms with E-state index in [1.54, 1.807) is 0 Å². The van der Waals surface area contributed by atoms with Crippen molar-refractivity contribution in [2.45, 2.75) is 38.7 Å². The van der Waals surface area contributed by atoms with Gasteiger partial charge in [0.05, 0.1) is 6.10 Å². The lowest BCUT2D eigenvalue weighted by molar-refractivity contribution is -0.000891. The van der Waals surface area contributed by atoms with Crippen molar-refractivity contribution >= 4 is 11.6 Å². The molecule has 130 valence electrons. The Morgan fingerprint density at radius 1 is 1.46 bits per heavy atom. The van der Waals surface area contributed by atoms with E-state index < -0.39 is 0 Å². The van der Waals surface area contributed by atoms with Gasteiger partial charge in [-0.05, 0) is 56.4 Å². The van der Waals surface area contributed by atoms with Crippen LogP contribution in [0.5, 0.6) is 0 Å². The zero-order valence-corrected chi connectivity index (χ0v) is 15.0. The first-order valence-electron chi connectivity index (χ1n) is 8.50. The third kappa shape index (κ3) is 5.43. The second-order valence-corrected chi connectivity index (χ2v) is 6.58. The quantitative estimate of drug-likeness (QED) is 0.723. The average Bonchev–Trinajstić information content (AvgIpc) is 2.74. The first-order chi connectivity index (χ1) is 11.6. The fourth-order valence-electron chi connectivity index (χ4n) is 3.04. The van der Waals surface area contributed by atoms with Crippen molar-refractivity contribution in [3.63, 3.8) is 0 Å². The zero-order valence-electron chi connectivity index (χ0n) is 14.2. The number of rotatable bonds is 5. The highest BCUT2D eigenvalue weighted by atomic mass is 35.5. The molecule has 1 aliphatic carbocycles. The van der Waals surface area contributed by atoms with Gasteiger partial charge in [-0.15, -0.1) is 0 Å². The molecule has 4 N–H and O–H groups in total. The van der Waals surface area contributed by atoms with Gasteiger partial charge in [-0.3, -0.25) is 0 Å². The second kappa shape index (κ2) is 9.55. The van der Waals surface area contributed by atoms with Crippen molar-refractivity contribution in [2.75, 3.05) is 6.61 Å². The number of ether oxygens (including phenoxy) is 1. The Morgan fingerprint density at radius 2 is 2.29 bits per heavy atom. The standard InChI is InChI=1S/C20H27ClN2O/c1-2-3-10-17(22)11-4-7-15-8-6-13-24-20(15)18-14-16(21)9-5-12-19(18)23/h2-5,9-11,14-15,20H,6-8,12-13,22-23H2,1H3/b3-2-,11-4+,17-10+. The molecule has 1 heterocycles. The van der Waals surface area contributed by atoms with Crippen LogP contribution in [-0.2, 0) is 4.74 Å². The molecule has 1 saturated heterocycles. The minimum Gasteiger partial charge on any atom is -0.401 e. The highest BCUT2D eigenvalue weighted by Gasteiger charge is 2.29. The lowest BCUT2D eigenvalue weighted by Crippen LogP contribution is -2.32. The summed E-state index contributed by atoms with van der Waals surface area (Å²) in [6.07, 6.45) is 19.5. The predicted molar refractivity (Wildman–Crippen MR) is 102 cm³/mol. The highest BCUT2D eigenvalue weighted by Crippen LogP contribution is 2.33. The molecule has 24 heavy (non-hydrogen) atoms. The molecule has 0 aromatic carbocycles. The summed E-state index contributed by atoms with van der Waals surface area (Å²) >= 11 is 6.23. The van der Waals surface area contributed by atoms with Crippen LogP contribution in [0.15, 0.2) is 70.6 Å². The van der Waals surface area contributed by atoms with Crippen LogP contribution in [0.1, 0.15) is 32.6 Å². The molecule has 0 amide bonds. The maximum Gasteiger partial charge on any atom is 0.0873 e. The topological polar surface area (TPSA) is 61.3 Å². The Hall–Kier alpha value is -1.71. The Morgan fingerprint density at radius 3 is 3.08 bits per heavy atom. The van der Waals surface area contributed by atoms with Crippen molar-refractivity contribution in [1.82, 2.24) is 0 Å². The van der Waals surface area contributed by atoms with Gasteiger partial charge in [0, 0.05) is 35.0 Å². The molecule has 2 aliphatic rings. The van der Waals surface area contributed by atoms with Crippen LogP contribution in [-0.4, -0.2) is 12.7 Å². The summed E-state index contributed by atoms with van der Waals surface area (Å²) in [6, 6.07) is 0. The number of hydrogen-bond donors (Lipinski definition) is 2. The molecule has 0 aromatic rings. The van der Waals surface area contributed by atoms with E-state index in [9.17, 15) is 0 Å². The van der Waals surface area contributed by atoms with Crippen molar-refractivity contribution in [3.8, 4) is 0 Å². The van der Waals surface area contributed by atoms with Crippen molar-refractivity contribution in [2.24, 2.45) is 17.4 Å². The Bertz CT molecular complexity index is 611. The predicted octanol–water partition coefficient (Wildman–Crippen LogP) is 4.44. The molecular weight excluding hydrogens is 320 g/mol. The summed E-state index contributed by atoms with van der Waals surface area (Å²) in [7, 11) is 0. The minimum atomic E-state index is -0.00204. The van der Waals surface area contributed by atoms with E-state index in [1.807, 2.05) is 49.5 Å². The van der Waals surface area contributed by atoms with Crippen molar-refractivity contribution in [3.05, 3.63) is 70.6 Å². The van der Waals surface area contributed by atoms with Gasteiger partial charge in [0.25, 0.3) is 0 Å². The first-order valence-corrected chi connectivity index (χ1v) is 8.88. The third-order valence-electron chi connectivity index (χ3n) is 4.26. The van der Waals surface area contributed by atoms with Gasteiger partial charge in [0.15, 0.2) is 0 Å². The van der Waals surface area contributed by atoms with Gasteiger partial charge in [-0.25, -0.2) is 0 Å². The fourth-order valence-corrected chi connectivity index (χ4v) is 3.25. The number of allylic oxidation sites excluding steroid dienone is 8. The van der Waals surface area contributed by atoms with Crippen LogP contribution < -0.4 is 11.5 Å². The lowest BCUT2D eigenvalue weighted by atomic mass is 9.85. The Balaban J connectivity index is 2.11. The van der Waals surface area contributed by atoms with Gasteiger partial charge in [0.1, 0.15) is 0 Å². The second-order valence-electron chi connectivity index (χ2n) is 6.14. The molecule has 1 aliphatic heterocycles. The van der Waals surface area contributed by atoms with E-state index in [0.29, 0.717) is 17.4 Å². The molecule has 2 atom stereocenters. The molecule has 2 unspecified atom stereocenters. The third-order valence-corrected chi connectivity index (χ3v) is 4.50. The van der Waals surface area contributed by atoms with Crippen LogP contribution in [0.3, 0.4) is 0 Å². The number of nitrogens with two attached hydrogens (primary N) is 2. The van der Waals surface area contributed by atoms with Crippen molar-refractivity contribution in [1.29, 1.82) is 0 Å². The highest BCUT2D eigenvalue weighted by molar-refractivity contribution is 6.31. The van der Waals surface area contributed by atoms with Gasteiger partial charge >= 0.3 is 0 Å². The maximum absolute atomic E-state index is 6.26. The molecule has 0 aromatic heterocycles. The zero-order chi connectivity index (χ0) is 17.4.